The van der Waals surface area contributed by atoms with Crippen LogP contribution >= 0.6 is 0 Å². The van der Waals surface area contributed by atoms with Gasteiger partial charge in [0.15, 0.2) is 0 Å². The summed E-state index contributed by atoms with van der Waals surface area (Å²) in [6.07, 6.45) is -2.51. The largest absolute Gasteiger partial charge is 0.417 e. The van der Waals surface area contributed by atoms with Crippen molar-refractivity contribution in [3.05, 3.63) is 77.5 Å². The molecule has 0 saturated carbocycles. The van der Waals surface area contributed by atoms with E-state index in [-0.39, 0.29) is 30.4 Å². The maximum Gasteiger partial charge on any atom is 0.417 e. The number of halogens is 4. The van der Waals surface area contributed by atoms with Crippen molar-refractivity contribution in [2.24, 2.45) is 0 Å². The third-order valence-corrected chi connectivity index (χ3v) is 5.64. The van der Waals surface area contributed by atoms with Crippen molar-refractivity contribution in [2.45, 2.75) is 31.0 Å². The number of pyridine rings is 2. The van der Waals surface area contributed by atoms with Gasteiger partial charge in [-0.2, -0.15) is 13.2 Å². The summed E-state index contributed by atoms with van der Waals surface area (Å²) in [6.45, 7) is 2.91. The monoisotopic (exact) mass is 475 g/mol. The fourth-order valence-corrected chi connectivity index (χ4v) is 3.62. The summed E-state index contributed by atoms with van der Waals surface area (Å²) in [5.74, 6) is -0.810. The number of carbonyl (C=O) groups excluding carboxylic acids is 1. The molecule has 34 heavy (non-hydrogen) atoms. The lowest BCUT2D eigenvalue weighted by Gasteiger charge is -2.39. The Morgan fingerprint density at radius 2 is 1.74 bits per heavy atom. The van der Waals surface area contributed by atoms with Crippen LogP contribution in [0.5, 0.6) is 0 Å². The predicted molar refractivity (Wildman–Crippen MR) is 115 cm³/mol. The molecule has 4 rings (SSSR count). The van der Waals surface area contributed by atoms with Crippen molar-refractivity contribution in [1.82, 2.24) is 9.97 Å². The second-order valence-corrected chi connectivity index (χ2v) is 8.64. The van der Waals surface area contributed by atoms with Crippen molar-refractivity contribution >= 4 is 11.6 Å². The number of alkyl halides is 3. The summed E-state index contributed by atoms with van der Waals surface area (Å²) in [5, 5.41) is 13.2. The van der Waals surface area contributed by atoms with Gasteiger partial charge in [-0.25, -0.2) is 4.39 Å². The fraction of sp³-hybridized carbons (Fsp3) is 0.292. The molecule has 0 aliphatic carbocycles. The van der Waals surface area contributed by atoms with Gasteiger partial charge in [-0.3, -0.25) is 14.8 Å². The van der Waals surface area contributed by atoms with Gasteiger partial charge < -0.3 is 15.2 Å². The minimum Gasteiger partial charge on any atom is -0.386 e. The van der Waals surface area contributed by atoms with Crippen molar-refractivity contribution in [2.75, 3.05) is 18.5 Å². The van der Waals surface area contributed by atoms with E-state index in [4.69, 9.17) is 4.74 Å². The van der Waals surface area contributed by atoms with Crippen LogP contribution in [0, 0.1) is 5.82 Å². The number of aromatic nitrogens is 2. The molecule has 3 heterocycles. The topological polar surface area (TPSA) is 84.3 Å². The molecule has 178 valence electrons. The highest BCUT2D eigenvalue weighted by Crippen LogP contribution is 2.37. The van der Waals surface area contributed by atoms with Gasteiger partial charge in [-0.15, -0.1) is 0 Å². The normalized spacial score (nSPS) is 15.5. The van der Waals surface area contributed by atoms with E-state index >= 15 is 0 Å². The number of anilines is 1. The van der Waals surface area contributed by atoms with Gasteiger partial charge in [0, 0.05) is 29.2 Å². The molecule has 1 amide bonds. The van der Waals surface area contributed by atoms with E-state index in [0.29, 0.717) is 23.1 Å². The van der Waals surface area contributed by atoms with Crippen LogP contribution in [0.4, 0.5) is 23.2 Å². The highest BCUT2D eigenvalue weighted by atomic mass is 19.4. The molecule has 0 radical (unpaired) electrons. The van der Waals surface area contributed by atoms with Crippen LogP contribution in [0.25, 0.3) is 11.3 Å². The van der Waals surface area contributed by atoms with Crippen molar-refractivity contribution in [3.8, 4) is 11.3 Å². The molecular formula is C24H21F4N3O3. The first-order valence-electron chi connectivity index (χ1n) is 10.3. The second-order valence-electron chi connectivity index (χ2n) is 8.64. The Bertz CT molecular complexity index is 1200. The third kappa shape index (κ3) is 4.51. The molecule has 1 saturated heterocycles. The lowest BCUT2D eigenvalue weighted by Crippen LogP contribution is -2.56. The predicted octanol–water partition coefficient (Wildman–Crippen LogP) is 4.44. The summed E-state index contributed by atoms with van der Waals surface area (Å²) in [6, 6.07) is 9.35. The Morgan fingerprint density at radius 1 is 1.06 bits per heavy atom. The first-order chi connectivity index (χ1) is 15.9. The van der Waals surface area contributed by atoms with Crippen LogP contribution < -0.4 is 5.32 Å². The average molecular weight is 475 g/mol. The number of aliphatic hydroxyl groups is 1. The van der Waals surface area contributed by atoms with Crippen LogP contribution in [-0.2, 0) is 26.7 Å². The molecule has 0 bridgehead atoms. The summed E-state index contributed by atoms with van der Waals surface area (Å²) in [5.41, 5.74) is -2.30. The van der Waals surface area contributed by atoms with E-state index in [2.05, 4.69) is 15.3 Å². The van der Waals surface area contributed by atoms with Crippen molar-refractivity contribution in [1.29, 1.82) is 0 Å². The van der Waals surface area contributed by atoms with Gasteiger partial charge in [-0.05, 0) is 56.3 Å². The number of benzene rings is 1. The maximum absolute atomic E-state index is 13.2. The van der Waals surface area contributed by atoms with Crippen LogP contribution in [-0.4, -0.2) is 34.2 Å². The van der Waals surface area contributed by atoms with Crippen LogP contribution in [0.3, 0.4) is 0 Å². The number of amides is 1. The number of nitrogens with zero attached hydrogens (tertiary/aromatic N) is 2. The number of carbonyl (C=O) groups is 1. The van der Waals surface area contributed by atoms with Crippen molar-refractivity contribution < 1.29 is 32.2 Å². The van der Waals surface area contributed by atoms with Crippen LogP contribution in [0.2, 0.25) is 0 Å². The minimum absolute atomic E-state index is 0.00683. The van der Waals surface area contributed by atoms with Gasteiger partial charge in [0.05, 0.1) is 35.8 Å². The molecule has 0 atom stereocenters. The summed E-state index contributed by atoms with van der Waals surface area (Å²) >= 11 is 0. The highest BCUT2D eigenvalue weighted by Gasteiger charge is 2.49. The number of hydrogen-bond donors (Lipinski definition) is 2. The van der Waals surface area contributed by atoms with E-state index in [1.54, 1.807) is 12.1 Å². The fourth-order valence-electron chi connectivity index (χ4n) is 3.62. The Labute approximate surface area is 192 Å². The molecule has 1 aliphatic rings. The number of hydrogen-bond acceptors (Lipinski definition) is 5. The lowest BCUT2D eigenvalue weighted by molar-refractivity contribution is -0.140. The zero-order valence-electron chi connectivity index (χ0n) is 18.3. The first-order valence-corrected chi connectivity index (χ1v) is 10.3. The Kier molecular flexibility index (Phi) is 5.91. The molecule has 2 aromatic heterocycles. The van der Waals surface area contributed by atoms with E-state index in [1.165, 1.54) is 44.3 Å². The van der Waals surface area contributed by atoms with Gasteiger partial charge >= 0.3 is 6.18 Å². The molecule has 10 heteroatoms. The molecule has 6 nitrogen and oxygen atoms in total. The standard InChI is InChI=1S/C24H21F4N3O3/c1-22(2,33)18-9-15(24(26,27)28)11-30-20(18)14-3-8-19(29-10-14)23(12-34-13-23)21(32)31-17-6-4-16(25)5-7-17/h3-11,33H,12-13H2,1-2H3,(H,31,32). The van der Waals surface area contributed by atoms with Crippen LogP contribution in [0.15, 0.2) is 54.9 Å². The Balaban J connectivity index is 1.65. The van der Waals surface area contributed by atoms with Gasteiger partial charge in [0.25, 0.3) is 0 Å². The second kappa shape index (κ2) is 8.44. The number of ether oxygens (including phenoxy) is 1. The van der Waals surface area contributed by atoms with Gasteiger partial charge in [-0.1, -0.05) is 0 Å². The van der Waals surface area contributed by atoms with Crippen LogP contribution in [0.1, 0.15) is 30.7 Å². The molecule has 0 spiro atoms. The Hall–Kier alpha value is -3.37. The maximum atomic E-state index is 13.2. The molecule has 3 aromatic rings. The molecular weight excluding hydrogens is 454 g/mol. The average Bonchev–Trinajstić information content (AvgIpc) is 2.73. The Morgan fingerprint density at radius 3 is 2.24 bits per heavy atom. The first kappa shape index (κ1) is 23.8. The van der Waals surface area contributed by atoms with E-state index < -0.39 is 28.6 Å². The number of nitrogens with one attached hydrogen (secondary N) is 1. The lowest BCUT2D eigenvalue weighted by atomic mass is 9.80. The van der Waals surface area contributed by atoms with E-state index in [0.717, 1.165) is 6.07 Å². The van der Waals surface area contributed by atoms with Gasteiger partial charge in [0.2, 0.25) is 5.91 Å². The minimum atomic E-state index is -4.61. The summed E-state index contributed by atoms with van der Waals surface area (Å²) in [4.78, 5) is 21.3. The molecule has 0 unspecified atom stereocenters. The third-order valence-electron chi connectivity index (χ3n) is 5.64. The highest BCUT2D eigenvalue weighted by molar-refractivity contribution is 5.99. The zero-order valence-corrected chi connectivity index (χ0v) is 18.3. The molecule has 1 aliphatic heterocycles. The molecule has 1 fully saturated rings. The summed E-state index contributed by atoms with van der Waals surface area (Å²) < 4.78 is 57.9. The SMILES string of the molecule is CC(C)(O)c1cc(C(F)(F)F)cnc1-c1ccc(C2(C(=O)Nc3ccc(F)cc3)COC2)nc1. The summed E-state index contributed by atoms with van der Waals surface area (Å²) in [7, 11) is 0. The van der Waals surface area contributed by atoms with E-state index in [1.807, 2.05) is 0 Å². The van der Waals surface area contributed by atoms with E-state index in [9.17, 15) is 27.5 Å². The quantitative estimate of drug-likeness (QED) is 0.534. The number of rotatable bonds is 5. The smallest absolute Gasteiger partial charge is 0.386 e. The van der Waals surface area contributed by atoms with Gasteiger partial charge in [0.1, 0.15) is 11.2 Å². The zero-order chi connectivity index (χ0) is 24.7. The molecule has 2 N–H and O–H groups in total. The molecule has 1 aromatic carbocycles. The van der Waals surface area contributed by atoms with Crippen molar-refractivity contribution in [3.63, 3.8) is 0 Å².